The van der Waals surface area contributed by atoms with E-state index in [0.29, 0.717) is 19.6 Å². The Morgan fingerprint density at radius 3 is 2.90 bits per heavy atom. The van der Waals surface area contributed by atoms with Crippen LogP contribution in [0.15, 0.2) is 12.1 Å². The number of nitrogens with two attached hydrogens (primary N) is 1. The monoisotopic (exact) mass is 295 g/mol. The second kappa shape index (κ2) is 6.17. The largest absolute Gasteiger partial charge is 0.338 e. The topological polar surface area (TPSA) is 89.5 Å². The molecule has 1 fully saturated rings. The van der Waals surface area contributed by atoms with Gasteiger partial charge in [0.25, 0.3) is 11.6 Å². The van der Waals surface area contributed by atoms with Crippen molar-refractivity contribution < 1.29 is 14.1 Å². The predicted molar refractivity (Wildman–Crippen MR) is 75.5 cm³/mol. The van der Waals surface area contributed by atoms with Crippen molar-refractivity contribution in [3.8, 4) is 0 Å². The lowest BCUT2D eigenvalue weighted by atomic mass is 9.97. The van der Waals surface area contributed by atoms with E-state index in [4.69, 9.17) is 5.73 Å². The van der Waals surface area contributed by atoms with Crippen LogP contribution in [0, 0.1) is 28.8 Å². The number of non-ortho nitro benzene ring substituents is 1. The summed E-state index contributed by atoms with van der Waals surface area (Å²) in [5, 5.41) is 10.9. The number of aryl methyl sites for hydroxylation is 1. The first-order chi connectivity index (χ1) is 9.93. The van der Waals surface area contributed by atoms with Crippen molar-refractivity contribution in [1.82, 2.24) is 4.90 Å². The maximum absolute atomic E-state index is 14.1. The number of likely N-dealkylation sites (tertiary alicyclic amines) is 1. The molecule has 0 bridgehead atoms. The summed E-state index contributed by atoms with van der Waals surface area (Å²) in [6.07, 6.45) is 1.75. The van der Waals surface area contributed by atoms with E-state index in [-0.39, 0.29) is 22.7 Å². The van der Waals surface area contributed by atoms with Gasteiger partial charge in [0.15, 0.2) is 0 Å². The molecule has 2 rings (SSSR count). The molecule has 7 heteroatoms. The maximum Gasteiger partial charge on any atom is 0.270 e. The summed E-state index contributed by atoms with van der Waals surface area (Å²) in [7, 11) is 0. The van der Waals surface area contributed by atoms with Crippen LogP contribution in [-0.4, -0.2) is 35.4 Å². The minimum Gasteiger partial charge on any atom is -0.338 e. The molecule has 1 aromatic carbocycles. The van der Waals surface area contributed by atoms with Crippen LogP contribution < -0.4 is 5.73 Å². The molecular formula is C14H18FN3O3. The van der Waals surface area contributed by atoms with Gasteiger partial charge in [-0.2, -0.15) is 0 Å². The summed E-state index contributed by atoms with van der Waals surface area (Å²) < 4.78 is 14.1. The summed E-state index contributed by atoms with van der Waals surface area (Å²) in [6, 6.07) is 2.14. The number of carbonyl (C=O) groups is 1. The number of benzene rings is 1. The molecule has 0 aromatic heterocycles. The minimum atomic E-state index is -0.694. The van der Waals surface area contributed by atoms with Gasteiger partial charge in [-0.15, -0.1) is 0 Å². The van der Waals surface area contributed by atoms with Crippen molar-refractivity contribution in [2.45, 2.75) is 19.8 Å². The number of carbonyl (C=O) groups excluding carboxylic acids is 1. The standard InChI is InChI=1S/C14H18FN3O3/c1-9-5-11(18(20)21)6-12(13(9)15)14(19)17-4-2-3-10(7-16)8-17/h5-6,10H,2-4,7-8,16H2,1H3. The molecule has 1 aliphatic heterocycles. The van der Waals surface area contributed by atoms with Gasteiger partial charge in [-0.3, -0.25) is 14.9 Å². The van der Waals surface area contributed by atoms with Gasteiger partial charge >= 0.3 is 0 Å². The molecule has 0 radical (unpaired) electrons. The summed E-state index contributed by atoms with van der Waals surface area (Å²) in [6.45, 7) is 2.88. The normalized spacial score (nSPS) is 18.6. The second-order valence-electron chi connectivity index (χ2n) is 5.38. The number of hydrogen-bond acceptors (Lipinski definition) is 4. The lowest BCUT2D eigenvalue weighted by Crippen LogP contribution is -2.42. The highest BCUT2D eigenvalue weighted by Crippen LogP contribution is 2.24. The van der Waals surface area contributed by atoms with Crippen molar-refractivity contribution in [1.29, 1.82) is 0 Å². The molecule has 1 heterocycles. The predicted octanol–water partition coefficient (Wildman–Crippen LogP) is 1.85. The van der Waals surface area contributed by atoms with Gasteiger partial charge in [-0.1, -0.05) is 0 Å². The zero-order valence-corrected chi connectivity index (χ0v) is 11.8. The highest BCUT2D eigenvalue weighted by Gasteiger charge is 2.27. The van der Waals surface area contributed by atoms with Gasteiger partial charge in [0.05, 0.1) is 10.5 Å². The summed E-state index contributed by atoms with van der Waals surface area (Å²) in [5.41, 5.74) is 5.21. The highest BCUT2D eigenvalue weighted by atomic mass is 19.1. The third kappa shape index (κ3) is 3.18. The number of amides is 1. The fraction of sp³-hybridized carbons (Fsp3) is 0.500. The Hall–Kier alpha value is -2.02. The van der Waals surface area contributed by atoms with Gasteiger partial charge < -0.3 is 10.6 Å². The SMILES string of the molecule is Cc1cc([N+](=O)[O-])cc(C(=O)N2CCCC(CN)C2)c1F. The Labute approximate surface area is 121 Å². The molecule has 1 atom stereocenters. The van der Waals surface area contributed by atoms with Crippen molar-refractivity contribution >= 4 is 11.6 Å². The number of halogens is 1. The van der Waals surface area contributed by atoms with Crippen LogP contribution in [-0.2, 0) is 0 Å². The van der Waals surface area contributed by atoms with E-state index in [1.54, 1.807) is 0 Å². The van der Waals surface area contributed by atoms with E-state index in [0.717, 1.165) is 25.0 Å². The van der Waals surface area contributed by atoms with Crippen LogP contribution in [0.3, 0.4) is 0 Å². The fourth-order valence-corrected chi connectivity index (χ4v) is 2.62. The number of nitro groups is 1. The highest BCUT2D eigenvalue weighted by molar-refractivity contribution is 5.95. The Bertz CT molecular complexity index is 577. The lowest BCUT2D eigenvalue weighted by Gasteiger charge is -2.32. The molecule has 0 aliphatic carbocycles. The molecular weight excluding hydrogens is 277 g/mol. The van der Waals surface area contributed by atoms with Gasteiger partial charge in [0, 0.05) is 25.2 Å². The number of rotatable bonds is 3. The number of hydrogen-bond donors (Lipinski definition) is 1. The van der Waals surface area contributed by atoms with Crippen LogP contribution >= 0.6 is 0 Å². The van der Waals surface area contributed by atoms with Crippen LogP contribution in [0.25, 0.3) is 0 Å². The summed E-state index contributed by atoms with van der Waals surface area (Å²) in [5.74, 6) is -0.997. The zero-order valence-electron chi connectivity index (χ0n) is 11.8. The zero-order chi connectivity index (χ0) is 15.6. The van der Waals surface area contributed by atoms with Crippen molar-refractivity contribution in [3.05, 3.63) is 39.2 Å². The van der Waals surface area contributed by atoms with Crippen LogP contribution in [0.1, 0.15) is 28.8 Å². The molecule has 114 valence electrons. The molecule has 1 aromatic rings. The van der Waals surface area contributed by atoms with Crippen molar-refractivity contribution in [2.24, 2.45) is 11.7 Å². The van der Waals surface area contributed by atoms with E-state index in [9.17, 15) is 19.3 Å². The molecule has 0 saturated carbocycles. The average Bonchev–Trinajstić information content (AvgIpc) is 2.49. The van der Waals surface area contributed by atoms with E-state index in [2.05, 4.69) is 0 Å². The van der Waals surface area contributed by atoms with Crippen LogP contribution in [0.2, 0.25) is 0 Å². The molecule has 1 unspecified atom stereocenters. The number of nitrogens with zero attached hydrogens (tertiary/aromatic N) is 2. The van der Waals surface area contributed by atoms with E-state index in [1.165, 1.54) is 11.8 Å². The molecule has 0 spiro atoms. The molecule has 21 heavy (non-hydrogen) atoms. The average molecular weight is 295 g/mol. The Morgan fingerprint density at radius 2 is 2.29 bits per heavy atom. The van der Waals surface area contributed by atoms with E-state index >= 15 is 0 Å². The van der Waals surface area contributed by atoms with Gasteiger partial charge in [0.1, 0.15) is 5.82 Å². The first kappa shape index (κ1) is 15.4. The Balaban J connectivity index is 2.32. The minimum absolute atomic E-state index is 0.0972. The number of nitro benzene ring substituents is 1. The Kier molecular flexibility index (Phi) is 4.52. The van der Waals surface area contributed by atoms with Gasteiger partial charge in [0.2, 0.25) is 0 Å². The summed E-state index contributed by atoms with van der Waals surface area (Å²) in [4.78, 5) is 24.2. The quantitative estimate of drug-likeness (QED) is 0.680. The van der Waals surface area contributed by atoms with Crippen molar-refractivity contribution in [2.75, 3.05) is 19.6 Å². The van der Waals surface area contributed by atoms with E-state index < -0.39 is 16.6 Å². The van der Waals surface area contributed by atoms with Crippen LogP contribution in [0.5, 0.6) is 0 Å². The fourth-order valence-electron chi connectivity index (χ4n) is 2.62. The van der Waals surface area contributed by atoms with E-state index in [1.807, 2.05) is 0 Å². The summed E-state index contributed by atoms with van der Waals surface area (Å²) >= 11 is 0. The smallest absolute Gasteiger partial charge is 0.270 e. The first-order valence-electron chi connectivity index (χ1n) is 6.88. The van der Waals surface area contributed by atoms with Crippen LogP contribution in [0.4, 0.5) is 10.1 Å². The van der Waals surface area contributed by atoms with Crippen molar-refractivity contribution in [3.63, 3.8) is 0 Å². The molecule has 6 nitrogen and oxygen atoms in total. The third-order valence-corrected chi connectivity index (χ3v) is 3.82. The molecule has 2 N–H and O–H groups in total. The molecule has 1 saturated heterocycles. The molecule has 1 aliphatic rings. The Morgan fingerprint density at radius 1 is 1.57 bits per heavy atom. The second-order valence-corrected chi connectivity index (χ2v) is 5.38. The third-order valence-electron chi connectivity index (χ3n) is 3.82. The van der Waals surface area contributed by atoms with Gasteiger partial charge in [-0.05, 0) is 37.8 Å². The number of piperidine rings is 1. The lowest BCUT2D eigenvalue weighted by molar-refractivity contribution is -0.385. The molecule has 1 amide bonds. The maximum atomic E-state index is 14.1. The van der Waals surface area contributed by atoms with Gasteiger partial charge in [-0.25, -0.2) is 4.39 Å². The first-order valence-corrected chi connectivity index (χ1v) is 6.88.